The highest BCUT2D eigenvalue weighted by atomic mass is 35.5. The fourth-order valence-electron chi connectivity index (χ4n) is 3.74. The van der Waals surface area contributed by atoms with Gasteiger partial charge in [-0.3, -0.25) is 0 Å². The van der Waals surface area contributed by atoms with Crippen molar-refractivity contribution in [2.75, 3.05) is 31.2 Å². The summed E-state index contributed by atoms with van der Waals surface area (Å²) in [6.45, 7) is 7.56. The first-order chi connectivity index (χ1) is 14.0. The largest absolute Gasteiger partial charge is 0.472 e. The molecule has 0 spiro atoms. The van der Waals surface area contributed by atoms with Crippen LogP contribution in [-0.2, 0) is 29.1 Å². The molecular formula is C22H24ClN3O3. The summed E-state index contributed by atoms with van der Waals surface area (Å²) < 4.78 is 17.6. The van der Waals surface area contributed by atoms with Crippen LogP contribution in [0.15, 0.2) is 24.3 Å². The molecule has 4 rings (SSSR count). The number of nitrogens with zero attached hydrogens (tertiary/aromatic N) is 3. The normalized spacial score (nSPS) is 18.1. The van der Waals surface area contributed by atoms with E-state index in [0.29, 0.717) is 42.7 Å². The molecule has 0 atom stereocenters. The van der Waals surface area contributed by atoms with Gasteiger partial charge in [0.2, 0.25) is 5.88 Å². The third-order valence-electron chi connectivity index (χ3n) is 5.31. The molecule has 3 heterocycles. The fraction of sp³-hybridized carbons (Fsp3) is 0.455. The van der Waals surface area contributed by atoms with Crippen molar-refractivity contribution < 1.29 is 14.2 Å². The fourth-order valence-corrected chi connectivity index (χ4v) is 3.93. The van der Waals surface area contributed by atoms with E-state index in [2.05, 4.69) is 11.0 Å². The van der Waals surface area contributed by atoms with Gasteiger partial charge in [-0.15, -0.1) is 0 Å². The molecule has 0 unspecified atom stereocenters. The minimum atomic E-state index is -0.345. The van der Waals surface area contributed by atoms with Crippen molar-refractivity contribution in [2.24, 2.45) is 0 Å². The highest BCUT2D eigenvalue weighted by Gasteiger charge is 2.34. The topological polar surface area (TPSA) is 67.6 Å². The Morgan fingerprint density at radius 2 is 2.00 bits per heavy atom. The maximum absolute atomic E-state index is 9.93. The lowest BCUT2D eigenvalue weighted by Gasteiger charge is -2.36. The number of ether oxygens (including phenoxy) is 3. The third-order valence-corrected chi connectivity index (χ3v) is 5.68. The van der Waals surface area contributed by atoms with Crippen LogP contribution < -0.4 is 9.64 Å². The van der Waals surface area contributed by atoms with E-state index in [9.17, 15) is 5.26 Å². The Balaban J connectivity index is 1.75. The zero-order chi connectivity index (χ0) is 20.4. The number of benzene rings is 1. The SMILES string of the molecule is CC1(C)Cc2c(C#N)c(OCc3ccccc3Cl)nc(N3CCOCC3)c2CO1. The van der Waals surface area contributed by atoms with Gasteiger partial charge in [0.25, 0.3) is 0 Å². The molecule has 1 aromatic carbocycles. The van der Waals surface area contributed by atoms with Crippen molar-refractivity contribution in [3.05, 3.63) is 51.5 Å². The summed E-state index contributed by atoms with van der Waals surface area (Å²) in [5, 5.41) is 10.6. The van der Waals surface area contributed by atoms with Crippen molar-refractivity contribution in [3.8, 4) is 11.9 Å². The zero-order valence-electron chi connectivity index (χ0n) is 16.7. The molecule has 1 aromatic heterocycles. The van der Waals surface area contributed by atoms with Crippen LogP contribution in [0.3, 0.4) is 0 Å². The number of pyridine rings is 1. The Labute approximate surface area is 176 Å². The molecule has 152 valence electrons. The molecule has 0 N–H and O–H groups in total. The number of aromatic nitrogens is 1. The van der Waals surface area contributed by atoms with Crippen LogP contribution in [0.4, 0.5) is 5.82 Å². The summed E-state index contributed by atoms with van der Waals surface area (Å²) in [4.78, 5) is 6.96. The van der Waals surface area contributed by atoms with Gasteiger partial charge in [-0.05, 0) is 25.5 Å². The number of hydrogen-bond donors (Lipinski definition) is 0. The lowest BCUT2D eigenvalue weighted by molar-refractivity contribution is -0.0402. The van der Waals surface area contributed by atoms with Crippen molar-refractivity contribution in [1.29, 1.82) is 5.26 Å². The Morgan fingerprint density at radius 3 is 2.72 bits per heavy atom. The van der Waals surface area contributed by atoms with Gasteiger partial charge in [0.1, 0.15) is 24.1 Å². The summed E-state index contributed by atoms with van der Waals surface area (Å²) in [5.74, 6) is 1.18. The van der Waals surface area contributed by atoms with E-state index < -0.39 is 0 Å². The average molecular weight is 414 g/mol. The van der Waals surface area contributed by atoms with Gasteiger partial charge >= 0.3 is 0 Å². The first-order valence-electron chi connectivity index (χ1n) is 9.77. The summed E-state index contributed by atoms with van der Waals surface area (Å²) in [7, 11) is 0. The molecule has 6 nitrogen and oxygen atoms in total. The van der Waals surface area contributed by atoms with Crippen LogP contribution in [0.1, 0.15) is 36.1 Å². The van der Waals surface area contributed by atoms with Crippen LogP contribution in [-0.4, -0.2) is 36.9 Å². The molecule has 2 aliphatic rings. The molecule has 0 amide bonds. The second-order valence-electron chi connectivity index (χ2n) is 7.89. The van der Waals surface area contributed by atoms with Gasteiger partial charge in [0.05, 0.1) is 25.4 Å². The van der Waals surface area contributed by atoms with E-state index in [1.54, 1.807) is 0 Å². The zero-order valence-corrected chi connectivity index (χ0v) is 17.5. The summed E-state index contributed by atoms with van der Waals surface area (Å²) >= 11 is 6.27. The predicted molar refractivity (Wildman–Crippen MR) is 110 cm³/mol. The summed E-state index contributed by atoms with van der Waals surface area (Å²) in [5.41, 5.74) is 2.94. The van der Waals surface area contributed by atoms with Crippen LogP contribution in [0.5, 0.6) is 5.88 Å². The number of halogens is 1. The van der Waals surface area contributed by atoms with Crippen LogP contribution in [0, 0.1) is 11.3 Å². The highest BCUT2D eigenvalue weighted by molar-refractivity contribution is 6.31. The van der Waals surface area contributed by atoms with Crippen molar-refractivity contribution in [3.63, 3.8) is 0 Å². The van der Waals surface area contributed by atoms with E-state index in [1.807, 2.05) is 38.1 Å². The maximum atomic E-state index is 9.93. The first-order valence-corrected chi connectivity index (χ1v) is 10.1. The lowest BCUT2D eigenvalue weighted by Crippen LogP contribution is -2.39. The molecule has 0 saturated carbocycles. The summed E-state index contributed by atoms with van der Waals surface area (Å²) in [6.07, 6.45) is 0.632. The predicted octanol–water partition coefficient (Wildman–Crippen LogP) is 3.87. The van der Waals surface area contributed by atoms with Gasteiger partial charge in [-0.1, -0.05) is 29.8 Å². The maximum Gasteiger partial charge on any atom is 0.234 e. The molecule has 0 aliphatic carbocycles. The van der Waals surface area contributed by atoms with Crippen molar-refractivity contribution >= 4 is 17.4 Å². The first kappa shape index (κ1) is 20.0. The van der Waals surface area contributed by atoms with Crippen LogP contribution >= 0.6 is 11.6 Å². The summed E-state index contributed by atoms with van der Waals surface area (Å²) in [6, 6.07) is 9.85. The molecule has 2 aromatic rings. The van der Waals surface area contributed by atoms with Crippen LogP contribution in [0.25, 0.3) is 0 Å². The van der Waals surface area contributed by atoms with Gasteiger partial charge < -0.3 is 19.1 Å². The van der Waals surface area contributed by atoms with Gasteiger partial charge in [0.15, 0.2) is 0 Å². The highest BCUT2D eigenvalue weighted by Crippen LogP contribution is 2.38. The monoisotopic (exact) mass is 413 g/mol. The van der Waals surface area contributed by atoms with Gasteiger partial charge in [-0.25, -0.2) is 0 Å². The van der Waals surface area contributed by atoms with E-state index >= 15 is 0 Å². The second-order valence-corrected chi connectivity index (χ2v) is 8.30. The van der Waals surface area contributed by atoms with E-state index in [4.69, 9.17) is 30.8 Å². The van der Waals surface area contributed by atoms with E-state index in [1.165, 1.54) is 0 Å². The quantitative estimate of drug-likeness (QED) is 0.757. The van der Waals surface area contributed by atoms with Crippen LogP contribution in [0.2, 0.25) is 5.02 Å². The number of nitriles is 1. The van der Waals surface area contributed by atoms with E-state index in [-0.39, 0.29) is 12.2 Å². The van der Waals surface area contributed by atoms with Crippen molar-refractivity contribution in [1.82, 2.24) is 4.98 Å². The molecule has 29 heavy (non-hydrogen) atoms. The van der Waals surface area contributed by atoms with Crippen molar-refractivity contribution in [2.45, 2.75) is 39.1 Å². The Hall–Kier alpha value is -2.33. The molecule has 2 aliphatic heterocycles. The Morgan fingerprint density at radius 1 is 1.24 bits per heavy atom. The molecule has 0 radical (unpaired) electrons. The average Bonchev–Trinajstić information content (AvgIpc) is 2.72. The standard InChI is InChI=1S/C22H24ClN3O3/c1-22(2)11-16-17(12-24)21(28-13-15-5-3-4-6-19(15)23)25-20(18(16)14-29-22)26-7-9-27-10-8-26/h3-6H,7-11,13-14H2,1-2H3. The smallest absolute Gasteiger partial charge is 0.234 e. The third kappa shape index (κ3) is 4.18. The number of anilines is 1. The minimum absolute atomic E-state index is 0.253. The van der Waals surface area contributed by atoms with Gasteiger partial charge in [0, 0.05) is 35.7 Å². The number of morpholine rings is 1. The second kappa shape index (κ2) is 8.19. The number of fused-ring (bicyclic) bond motifs is 1. The molecule has 1 saturated heterocycles. The lowest BCUT2D eigenvalue weighted by atomic mass is 9.89. The molecule has 7 heteroatoms. The minimum Gasteiger partial charge on any atom is -0.472 e. The number of rotatable bonds is 4. The van der Waals surface area contributed by atoms with Gasteiger partial charge in [-0.2, -0.15) is 10.2 Å². The Bertz CT molecular complexity index is 949. The Kier molecular flexibility index (Phi) is 5.64. The molecular weight excluding hydrogens is 390 g/mol. The molecule has 0 bridgehead atoms. The van der Waals surface area contributed by atoms with E-state index in [0.717, 1.165) is 35.6 Å². The number of hydrogen-bond acceptors (Lipinski definition) is 6. The molecule has 1 fully saturated rings.